The maximum Gasteiger partial charge on any atom is 0.507 e. The lowest BCUT2D eigenvalue weighted by Crippen LogP contribution is -2.70. The van der Waals surface area contributed by atoms with E-state index in [1.165, 1.54) is 0 Å². The van der Waals surface area contributed by atoms with Crippen molar-refractivity contribution in [1.29, 1.82) is 0 Å². The third-order valence-corrected chi connectivity index (χ3v) is 26.5. The van der Waals surface area contributed by atoms with Crippen molar-refractivity contribution in [1.82, 2.24) is 0 Å². The Labute approximate surface area is 210 Å². The largest absolute Gasteiger partial charge is 0.507 e. The van der Waals surface area contributed by atoms with Gasteiger partial charge in [0.2, 0.25) is 0 Å². The summed E-state index contributed by atoms with van der Waals surface area (Å²) in [6, 6.07) is 11.4. The van der Waals surface area contributed by atoms with E-state index in [2.05, 4.69) is 103 Å². The van der Waals surface area contributed by atoms with Crippen LogP contribution in [-0.2, 0) is 16.5 Å². The molecule has 1 atom stereocenters. The third kappa shape index (κ3) is 12.2. The molecule has 1 rings (SSSR count). The predicted molar refractivity (Wildman–Crippen MR) is 159 cm³/mol. The fourth-order valence-electron chi connectivity index (χ4n) is 3.95. The molecule has 0 aliphatic carbocycles. The molecule has 0 saturated carbocycles. The van der Waals surface area contributed by atoms with Crippen LogP contribution >= 0.6 is 0 Å². The van der Waals surface area contributed by atoms with Gasteiger partial charge in [0.25, 0.3) is 0 Å². The summed E-state index contributed by atoms with van der Waals surface area (Å²) in [6.07, 6.45) is 0.903. The number of hydrogen-bond donors (Lipinski definition) is 1. The van der Waals surface area contributed by atoms with E-state index in [1.54, 1.807) is 0 Å². The number of rotatable bonds is 14. The molecule has 0 aliphatic heterocycles. The second kappa shape index (κ2) is 11.6. The van der Waals surface area contributed by atoms with E-state index in [9.17, 15) is 0 Å². The molecule has 0 fully saturated rings. The fourth-order valence-corrected chi connectivity index (χ4v) is 31.6. The lowest BCUT2D eigenvalue weighted by molar-refractivity contribution is 0.239. The Bertz CT molecular complexity index is 692. The molecule has 5 nitrogen and oxygen atoms in total. The highest BCUT2D eigenvalue weighted by molar-refractivity contribution is 7.00. The van der Waals surface area contributed by atoms with Gasteiger partial charge >= 0.3 is 17.4 Å². The van der Waals surface area contributed by atoms with E-state index in [-0.39, 0.29) is 0 Å². The summed E-state index contributed by atoms with van der Waals surface area (Å²) in [5.41, 5.74) is 7.06. The van der Waals surface area contributed by atoms with Crippen molar-refractivity contribution in [3.8, 4) is 0 Å². The van der Waals surface area contributed by atoms with Crippen molar-refractivity contribution in [3.05, 3.63) is 30.3 Å². The van der Waals surface area contributed by atoms with Gasteiger partial charge in [-0.1, -0.05) is 50.0 Å². The highest BCUT2D eigenvalue weighted by Gasteiger charge is 2.57. The standard InChI is InChI=1S/C22H51NO4Si6/c1-28(2,3)21-32(20-16-19-23,24-29(4,5)6)27-33(25-30(7,8)9,26-31(10,11)12)22-17-14-13-15-18-22/h13-15,17-18H,16,19-21,23H2,1-12H3. The lowest BCUT2D eigenvalue weighted by Gasteiger charge is -2.48. The van der Waals surface area contributed by atoms with Gasteiger partial charge in [-0.25, -0.2) is 0 Å². The van der Waals surface area contributed by atoms with Crippen molar-refractivity contribution in [2.24, 2.45) is 5.73 Å². The van der Waals surface area contributed by atoms with Gasteiger partial charge in [0.15, 0.2) is 25.0 Å². The smallest absolute Gasteiger partial charge is 0.437 e. The van der Waals surface area contributed by atoms with Crippen LogP contribution in [0.5, 0.6) is 0 Å². The molecule has 1 aromatic carbocycles. The molecule has 0 aliphatic rings. The summed E-state index contributed by atoms with van der Waals surface area (Å²) in [4.78, 5) is 0. The SMILES string of the molecule is C[Si](C)(C)C[Si](CCCN)(O[Si](C)(C)C)O[Si](O[Si](C)(C)C)(O[Si](C)(C)C)c1ccccc1. The molecule has 0 bridgehead atoms. The topological polar surface area (TPSA) is 62.9 Å². The summed E-state index contributed by atoms with van der Waals surface area (Å²) in [7, 11) is -13.5. The Balaban J connectivity index is 3.83. The molecule has 0 spiro atoms. The third-order valence-electron chi connectivity index (χ3n) is 4.38. The van der Waals surface area contributed by atoms with Gasteiger partial charge in [0, 0.05) is 13.3 Å². The molecule has 2 N–H and O–H groups in total. The predicted octanol–water partition coefficient (Wildman–Crippen LogP) is 6.07. The highest BCUT2D eigenvalue weighted by Crippen LogP contribution is 2.35. The first-order chi connectivity index (χ1) is 14.7. The maximum absolute atomic E-state index is 7.51. The number of nitrogens with two attached hydrogens (primary N) is 1. The minimum atomic E-state index is -3.26. The monoisotopic (exact) mass is 561 g/mol. The Morgan fingerprint density at radius 3 is 1.45 bits per heavy atom. The molecule has 1 unspecified atom stereocenters. The van der Waals surface area contributed by atoms with Crippen molar-refractivity contribution in [2.45, 2.75) is 96.7 Å². The molecule has 11 heteroatoms. The van der Waals surface area contributed by atoms with Gasteiger partial charge < -0.3 is 22.2 Å². The molecule has 0 radical (unpaired) electrons. The van der Waals surface area contributed by atoms with E-state index in [0.717, 1.165) is 23.3 Å². The van der Waals surface area contributed by atoms with E-state index in [0.29, 0.717) is 6.54 Å². The molecule has 1 aromatic rings. The van der Waals surface area contributed by atoms with Crippen LogP contribution in [0.3, 0.4) is 0 Å². The molecule has 0 saturated heterocycles. The lowest BCUT2D eigenvalue weighted by atomic mass is 10.4. The first-order valence-electron chi connectivity index (χ1n) is 12.3. The van der Waals surface area contributed by atoms with Gasteiger partial charge in [-0.3, -0.25) is 0 Å². The van der Waals surface area contributed by atoms with Crippen LogP contribution < -0.4 is 10.9 Å². The molecule has 33 heavy (non-hydrogen) atoms. The number of benzene rings is 1. The second-order valence-electron chi connectivity index (χ2n) is 13.2. The molecule has 0 amide bonds. The maximum atomic E-state index is 7.51. The van der Waals surface area contributed by atoms with E-state index >= 15 is 0 Å². The minimum Gasteiger partial charge on any atom is -0.437 e. The molecular formula is C22H51NO4Si6. The van der Waals surface area contributed by atoms with Crippen molar-refractivity contribution in [3.63, 3.8) is 0 Å². The van der Waals surface area contributed by atoms with Gasteiger partial charge in [0.1, 0.15) is 0 Å². The van der Waals surface area contributed by atoms with Crippen molar-refractivity contribution in [2.75, 3.05) is 6.54 Å². The van der Waals surface area contributed by atoms with Crippen LogP contribution in [0.15, 0.2) is 30.3 Å². The Kier molecular flexibility index (Phi) is 11.0. The first kappa shape index (κ1) is 31.4. The van der Waals surface area contributed by atoms with Crippen LogP contribution in [0.4, 0.5) is 0 Å². The van der Waals surface area contributed by atoms with Gasteiger partial charge in [-0.05, 0) is 83.6 Å². The van der Waals surface area contributed by atoms with E-state index < -0.39 is 50.4 Å². The van der Waals surface area contributed by atoms with E-state index in [4.69, 9.17) is 22.2 Å². The van der Waals surface area contributed by atoms with Crippen molar-refractivity contribution < 1.29 is 16.5 Å². The number of hydrogen-bond acceptors (Lipinski definition) is 5. The van der Waals surface area contributed by atoms with Gasteiger partial charge in [-0.2, -0.15) is 0 Å². The van der Waals surface area contributed by atoms with Crippen LogP contribution in [0.1, 0.15) is 6.42 Å². The second-order valence-corrected chi connectivity index (χ2v) is 39.7. The first-order valence-corrected chi connectivity index (χ1v) is 30.1. The normalized spacial score (nSPS) is 16.0. The Morgan fingerprint density at radius 1 is 0.636 bits per heavy atom. The molecule has 0 heterocycles. The van der Waals surface area contributed by atoms with Crippen molar-refractivity contribution >= 4 is 55.6 Å². The molecular weight excluding hydrogens is 511 g/mol. The Morgan fingerprint density at radius 2 is 1.09 bits per heavy atom. The van der Waals surface area contributed by atoms with Gasteiger partial charge in [0.05, 0.1) is 0 Å². The Hall–Kier alpha value is 0.321. The zero-order valence-electron chi connectivity index (χ0n) is 23.4. The molecule has 0 aromatic heterocycles. The average molecular weight is 562 g/mol. The summed E-state index contributed by atoms with van der Waals surface area (Å²) < 4.78 is 28.8. The van der Waals surface area contributed by atoms with Gasteiger partial charge in [-0.15, -0.1) is 0 Å². The van der Waals surface area contributed by atoms with Crippen LogP contribution in [0.25, 0.3) is 0 Å². The zero-order valence-corrected chi connectivity index (χ0v) is 29.4. The molecule has 192 valence electrons. The minimum absolute atomic E-state index is 0.641. The average Bonchev–Trinajstić information content (AvgIpc) is 2.54. The fraction of sp³-hybridized carbons (Fsp3) is 0.727. The quantitative estimate of drug-likeness (QED) is 0.279. The highest BCUT2D eigenvalue weighted by atomic mass is 28.5. The zero-order chi connectivity index (χ0) is 25.8. The summed E-state index contributed by atoms with van der Waals surface area (Å²) >= 11 is 0. The van der Waals surface area contributed by atoms with Crippen LogP contribution in [0.2, 0.25) is 90.3 Å². The van der Waals surface area contributed by atoms with E-state index in [1.807, 2.05) is 6.07 Å². The summed E-state index contributed by atoms with van der Waals surface area (Å²) in [5.74, 6) is 0. The summed E-state index contributed by atoms with van der Waals surface area (Å²) in [6.45, 7) is 28.1. The van der Waals surface area contributed by atoms with Crippen LogP contribution in [-0.4, -0.2) is 56.9 Å². The summed E-state index contributed by atoms with van der Waals surface area (Å²) in [5, 5.41) is 1.06. The van der Waals surface area contributed by atoms with Crippen LogP contribution in [0, 0.1) is 0 Å².